The van der Waals surface area contributed by atoms with Crippen molar-refractivity contribution in [1.82, 2.24) is 20.1 Å². The molecule has 2 saturated heterocycles. The Morgan fingerprint density at radius 1 is 0.927 bits per heavy atom. The summed E-state index contributed by atoms with van der Waals surface area (Å²) in [6.45, 7) is 3.85. The molecule has 41 heavy (non-hydrogen) atoms. The Morgan fingerprint density at radius 3 is 2.22 bits per heavy atom. The molecule has 3 heterocycles. The van der Waals surface area contributed by atoms with Gasteiger partial charge in [0.05, 0.1) is 24.3 Å². The van der Waals surface area contributed by atoms with Crippen LogP contribution in [0.25, 0.3) is 0 Å². The van der Waals surface area contributed by atoms with E-state index in [1.54, 1.807) is 48.4 Å². The Hall–Kier alpha value is -4.42. The van der Waals surface area contributed by atoms with Crippen LogP contribution >= 0.6 is 0 Å². The molecule has 9 heteroatoms. The van der Waals surface area contributed by atoms with E-state index in [1.807, 2.05) is 12.1 Å². The third-order valence-electron chi connectivity index (χ3n) is 7.75. The lowest BCUT2D eigenvalue weighted by molar-refractivity contribution is 0.0589. The van der Waals surface area contributed by atoms with Crippen molar-refractivity contribution in [2.24, 2.45) is 0 Å². The number of hydrogen-bond donors (Lipinski definition) is 1. The summed E-state index contributed by atoms with van der Waals surface area (Å²) in [4.78, 5) is 34.3. The molecule has 3 aromatic rings. The molecule has 0 atom stereocenters. The number of piperidine rings is 2. The Kier molecular flexibility index (Phi) is 9.12. The first-order valence-corrected chi connectivity index (χ1v) is 14.1. The molecule has 2 aromatic carbocycles. The second-order valence-electron chi connectivity index (χ2n) is 10.5. The molecule has 2 aliphatic rings. The summed E-state index contributed by atoms with van der Waals surface area (Å²) in [5.74, 6) is 1.28. The van der Waals surface area contributed by atoms with Crippen molar-refractivity contribution in [1.29, 1.82) is 5.26 Å². The molecular formula is C32H35N5O4. The molecule has 0 aliphatic carbocycles. The van der Waals surface area contributed by atoms with Crippen molar-refractivity contribution < 1.29 is 19.1 Å². The number of pyridine rings is 1. The second-order valence-corrected chi connectivity index (χ2v) is 10.5. The number of hydrogen-bond acceptors (Lipinski definition) is 7. The lowest BCUT2D eigenvalue weighted by Crippen LogP contribution is -2.44. The van der Waals surface area contributed by atoms with Crippen molar-refractivity contribution in [3.63, 3.8) is 0 Å². The van der Waals surface area contributed by atoms with Crippen LogP contribution < -0.4 is 14.8 Å². The van der Waals surface area contributed by atoms with E-state index in [9.17, 15) is 9.59 Å². The minimum Gasteiger partial charge on any atom is -0.497 e. The third kappa shape index (κ3) is 7.41. The maximum Gasteiger partial charge on any atom is 0.272 e. The SMILES string of the molecule is COc1ccc(CN2CCC(NC(=O)c3ccc(C(=O)N4CCC(Oc5ccc(C#N)cc5)CC4)nc3)CC2)cc1. The van der Waals surface area contributed by atoms with Crippen LogP contribution in [0.15, 0.2) is 66.9 Å². The molecule has 0 radical (unpaired) electrons. The molecule has 2 aliphatic heterocycles. The van der Waals surface area contributed by atoms with Crippen LogP contribution in [0.2, 0.25) is 0 Å². The van der Waals surface area contributed by atoms with Crippen LogP contribution in [0.5, 0.6) is 11.5 Å². The zero-order chi connectivity index (χ0) is 28.6. The molecule has 2 amide bonds. The lowest BCUT2D eigenvalue weighted by Gasteiger charge is -2.32. The van der Waals surface area contributed by atoms with Crippen LogP contribution in [0.3, 0.4) is 0 Å². The smallest absolute Gasteiger partial charge is 0.272 e. The van der Waals surface area contributed by atoms with Gasteiger partial charge in [0.25, 0.3) is 11.8 Å². The third-order valence-corrected chi connectivity index (χ3v) is 7.75. The monoisotopic (exact) mass is 553 g/mol. The van der Waals surface area contributed by atoms with Crippen molar-refractivity contribution in [2.75, 3.05) is 33.3 Å². The topological polar surface area (TPSA) is 108 Å². The van der Waals surface area contributed by atoms with Gasteiger partial charge in [-0.3, -0.25) is 19.5 Å². The highest BCUT2D eigenvalue weighted by Crippen LogP contribution is 2.21. The van der Waals surface area contributed by atoms with Gasteiger partial charge in [-0.05, 0) is 66.9 Å². The van der Waals surface area contributed by atoms with Crippen molar-refractivity contribution in [3.05, 3.63) is 89.2 Å². The van der Waals surface area contributed by atoms with E-state index in [1.165, 1.54) is 11.8 Å². The number of amides is 2. The van der Waals surface area contributed by atoms with Gasteiger partial charge in [-0.25, -0.2) is 0 Å². The molecule has 5 rings (SSSR count). The van der Waals surface area contributed by atoms with Crippen LogP contribution in [0, 0.1) is 11.3 Å². The first kappa shape index (κ1) is 28.1. The van der Waals surface area contributed by atoms with Gasteiger partial charge in [-0.15, -0.1) is 0 Å². The lowest BCUT2D eigenvalue weighted by atomic mass is 10.0. The summed E-state index contributed by atoms with van der Waals surface area (Å²) < 4.78 is 11.2. The van der Waals surface area contributed by atoms with E-state index >= 15 is 0 Å². The van der Waals surface area contributed by atoms with Crippen LogP contribution in [-0.4, -0.2) is 72.0 Å². The maximum atomic E-state index is 13.0. The quantitative estimate of drug-likeness (QED) is 0.449. The van der Waals surface area contributed by atoms with Crippen molar-refractivity contribution >= 4 is 11.8 Å². The van der Waals surface area contributed by atoms with Crippen molar-refractivity contribution in [2.45, 2.75) is 44.4 Å². The number of rotatable bonds is 8. The van der Waals surface area contributed by atoms with E-state index < -0.39 is 0 Å². The fraction of sp³-hybridized carbons (Fsp3) is 0.375. The average Bonchev–Trinajstić information content (AvgIpc) is 3.03. The van der Waals surface area contributed by atoms with E-state index in [0.717, 1.165) is 44.0 Å². The number of benzene rings is 2. The summed E-state index contributed by atoms with van der Waals surface area (Å²) in [6, 6.07) is 20.7. The van der Waals surface area contributed by atoms with Gasteiger partial charge in [0, 0.05) is 57.8 Å². The van der Waals surface area contributed by atoms with Gasteiger partial charge in [-0.1, -0.05) is 12.1 Å². The van der Waals surface area contributed by atoms with Gasteiger partial charge < -0.3 is 19.7 Å². The minimum atomic E-state index is -0.161. The summed E-state index contributed by atoms with van der Waals surface area (Å²) in [6.07, 6.45) is 4.70. The summed E-state index contributed by atoms with van der Waals surface area (Å²) in [7, 11) is 1.67. The number of aromatic nitrogens is 1. The van der Waals surface area contributed by atoms with Crippen LogP contribution in [0.4, 0.5) is 0 Å². The molecule has 0 spiro atoms. The largest absolute Gasteiger partial charge is 0.497 e. The molecule has 212 valence electrons. The number of methoxy groups -OCH3 is 1. The van der Waals surface area contributed by atoms with Crippen molar-refractivity contribution in [3.8, 4) is 17.6 Å². The van der Waals surface area contributed by atoms with Crippen LogP contribution in [0.1, 0.15) is 57.7 Å². The predicted octanol–water partition coefficient (Wildman–Crippen LogP) is 4.04. The van der Waals surface area contributed by atoms with Gasteiger partial charge >= 0.3 is 0 Å². The summed E-state index contributed by atoms with van der Waals surface area (Å²) in [5.41, 5.74) is 2.63. The minimum absolute atomic E-state index is 0.0142. The predicted molar refractivity (Wildman–Crippen MR) is 154 cm³/mol. The van der Waals surface area contributed by atoms with Gasteiger partial charge in [-0.2, -0.15) is 5.26 Å². The number of nitriles is 1. The molecule has 0 saturated carbocycles. The van der Waals surface area contributed by atoms with E-state index in [-0.39, 0.29) is 24.0 Å². The highest BCUT2D eigenvalue weighted by molar-refractivity contribution is 5.96. The molecule has 1 N–H and O–H groups in total. The molecular weight excluding hydrogens is 518 g/mol. The van der Waals surface area contributed by atoms with Gasteiger partial charge in [0.2, 0.25) is 0 Å². The van der Waals surface area contributed by atoms with E-state index in [0.29, 0.717) is 42.8 Å². The molecule has 0 unspecified atom stereocenters. The summed E-state index contributed by atoms with van der Waals surface area (Å²) in [5, 5.41) is 12.1. The highest BCUT2D eigenvalue weighted by atomic mass is 16.5. The Bertz CT molecular complexity index is 1350. The van der Waals surface area contributed by atoms with Crippen LogP contribution in [-0.2, 0) is 6.54 Å². The molecule has 2 fully saturated rings. The van der Waals surface area contributed by atoms with Gasteiger partial charge in [0.15, 0.2) is 0 Å². The summed E-state index contributed by atoms with van der Waals surface area (Å²) >= 11 is 0. The Morgan fingerprint density at radius 2 is 1.61 bits per heavy atom. The highest BCUT2D eigenvalue weighted by Gasteiger charge is 2.26. The maximum absolute atomic E-state index is 13.0. The second kappa shape index (κ2) is 13.3. The molecule has 9 nitrogen and oxygen atoms in total. The zero-order valence-electron chi connectivity index (χ0n) is 23.3. The Balaban J connectivity index is 1.05. The van der Waals surface area contributed by atoms with E-state index in [2.05, 4.69) is 33.4 Å². The number of ether oxygens (including phenoxy) is 2. The number of carbonyl (C=O) groups excluding carboxylic acids is 2. The number of nitrogens with zero attached hydrogens (tertiary/aromatic N) is 4. The first-order chi connectivity index (χ1) is 20.0. The standard InChI is InChI=1S/C32H35N5O4/c1-40-27-7-4-24(5-8-27)22-36-16-12-26(13-17-36)35-31(38)25-6-11-30(34-21-25)32(39)37-18-14-29(15-19-37)41-28-9-2-23(20-33)3-10-28/h2-11,21,26,29H,12-19,22H2,1H3,(H,35,38). The Labute approximate surface area is 240 Å². The van der Waals surface area contributed by atoms with Gasteiger partial charge in [0.1, 0.15) is 23.3 Å². The molecule has 0 bridgehead atoms. The molecule has 1 aromatic heterocycles. The number of nitrogens with one attached hydrogen (secondary N) is 1. The normalized spacial score (nSPS) is 16.5. The fourth-order valence-corrected chi connectivity index (χ4v) is 5.29. The fourth-order valence-electron chi connectivity index (χ4n) is 5.29. The average molecular weight is 554 g/mol. The number of carbonyl (C=O) groups is 2. The zero-order valence-corrected chi connectivity index (χ0v) is 23.3. The number of likely N-dealkylation sites (tertiary alicyclic amines) is 2. The van der Waals surface area contributed by atoms with E-state index in [4.69, 9.17) is 14.7 Å². The first-order valence-electron chi connectivity index (χ1n) is 14.1.